The molecule has 0 heterocycles. The van der Waals surface area contributed by atoms with Gasteiger partial charge in [-0.1, -0.05) is 0 Å². The van der Waals surface area contributed by atoms with E-state index < -0.39 is 0 Å². The lowest BCUT2D eigenvalue weighted by Crippen LogP contribution is -1.96. The van der Waals surface area contributed by atoms with E-state index in [2.05, 4.69) is 90.4 Å². The molecule has 3 nitrogen and oxygen atoms in total. The van der Waals surface area contributed by atoms with Crippen LogP contribution in [0.25, 0.3) is 0 Å². The van der Waals surface area contributed by atoms with Gasteiger partial charge in [-0.05, 0) is 115 Å². The molecular weight excluding hydrogens is 698 g/mol. The van der Waals surface area contributed by atoms with E-state index in [1.54, 1.807) is 12.1 Å². The van der Waals surface area contributed by atoms with Gasteiger partial charge in [0.25, 0.3) is 0 Å². The molecule has 0 saturated heterocycles. The van der Waals surface area contributed by atoms with E-state index in [0.717, 1.165) is 20.0 Å². The molecular formula is C12H7I4NO2. The van der Waals surface area contributed by atoms with Crippen LogP contribution in [0.1, 0.15) is 0 Å². The Hall–Kier alpha value is 0.760. The maximum absolute atomic E-state index is 9.76. The van der Waals surface area contributed by atoms with Crippen LogP contribution in [0.3, 0.4) is 0 Å². The maximum Gasteiger partial charge on any atom is 0.156 e. The third kappa shape index (κ3) is 3.70. The summed E-state index contributed by atoms with van der Waals surface area (Å²) < 4.78 is 9.32. The standard InChI is InChI=1S/C12H7I4NO2/c13-6-1-2-9(17)10(16)12(6)19-5-3-7(14)11(18)8(15)4-5/h1-4,18H,17H2. The number of nitrogen functional groups attached to an aromatic ring is 1. The number of aromatic hydroxyl groups is 1. The van der Waals surface area contributed by atoms with Crippen LogP contribution in [0.15, 0.2) is 24.3 Å². The fourth-order valence-electron chi connectivity index (χ4n) is 1.36. The van der Waals surface area contributed by atoms with Crippen molar-refractivity contribution in [1.29, 1.82) is 0 Å². The zero-order valence-electron chi connectivity index (χ0n) is 9.25. The number of hydrogen-bond donors (Lipinski definition) is 2. The van der Waals surface area contributed by atoms with Crippen LogP contribution in [0.4, 0.5) is 5.69 Å². The van der Waals surface area contributed by atoms with E-state index in [1.165, 1.54) is 0 Å². The minimum Gasteiger partial charge on any atom is -0.506 e. The van der Waals surface area contributed by atoms with Crippen LogP contribution >= 0.6 is 90.4 Å². The second-order valence-electron chi connectivity index (χ2n) is 3.62. The average Bonchev–Trinajstić information content (AvgIpc) is 2.36. The minimum absolute atomic E-state index is 0.283. The van der Waals surface area contributed by atoms with Gasteiger partial charge in [0.15, 0.2) is 5.75 Å². The Morgan fingerprint density at radius 1 is 0.947 bits per heavy atom. The molecule has 0 spiro atoms. The number of ether oxygens (including phenoxy) is 1. The summed E-state index contributed by atoms with van der Waals surface area (Å²) in [6.45, 7) is 0. The fourth-order valence-corrected chi connectivity index (χ4v) is 4.73. The topological polar surface area (TPSA) is 55.5 Å². The molecule has 0 fully saturated rings. The lowest BCUT2D eigenvalue weighted by molar-refractivity contribution is 0.455. The highest BCUT2D eigenvalue weighted by Crippen LogP contribution is 2.37. The summed E-state index contributed by atoms with van der Waals surface area (Å²) in [7, 11) is 0. The molecule has 2 aromatic carbocycles. The monoisotopic (exact) mass is 705 g/mol. The van der Waals surface area contributed by atoms with E-state index in [9.17, 15) is 5.11 Å². The third-order valence-corrected chi connectivity index (χ3v) is 5.90. The van der Waals surface area contributed by atoms with Crippen molar-refractivity contribution in [2.45, 2.75) is 0 Å². The molecule has 0 bridgehead atoms. The second-order valence-corrected chi connectivity index (χ2v) is 8.18. The normalized spacial score (nSPS) is 10.5. The summed E-state index contributed by atoms with van der Waals surface area (Å²) in [6.07, 6.45) is 0. The van der Waals surface area contributed by atoms with E-state index >= 15 is 0 Å². The maximum atomic E-state index is 9.76. The predicted octanol–water partition coefficient (Wildman–Crippen LogP) is 5.19. The van der Waals surface area contributed by atoms with Gasteiger partial charge in [0.2, 0.25) is 0 Å². The Bertz CT molecular complexity index is 623. The highest BCUT2D eigenvalue weighted by atomic mass is 127. The number of halogens is 4. The van der Waals surface area contributed by atoms with Crippen molar-refractivity contribution in [2.75, 3.05) is 5.73 Å². The van der Waals surface area contributed by atoms with Crippen molar-refractivity contribution in [3.8, 4) is 17.2 Å². The molecule has 19 heavy (non-hydrogen) atoms. The lowest BCUT2D eigenvalue weighted by atomic mass is 10.3. The first-order chi connectivity index (χ1) is 8.90. The summed E-state index contributed by atoms with van der Waals surface area (Å²) in [5, 5.41) is 9.76. The molecule has 2 rings (SSSR count). The van der Waals surface area contributed by atoms with E-state index in [-0.39, 0.29) is 5.75 Å². The van der Waals surface area contributed by atoms with Crippen molar-refractivity contribution in [2.24, 2.45) is 0 Å². The molecule has 0 aromatic heterocycles. The molecule has 0 aliphatic heterocycles. The summed E-state index contributed by atoms with van der Waals surface area (Å²) in [5.41, 5.74) is 6.59. The fraction of sp³-hybridized carbons (Fsp3) is 0. The molecule has 100 valence electrons. The SMILES string of the molecule is Nc1ccc(I)c(Oc2cc(I)c(O)c(I)c2)c1I. The van der Waals surface area contributed by atoms with E-state index in [0.29, 0.717) is 11.4 Å². The number of rotatable bonds is 2. The van der Waals surface area contributed by atoms with Crippen LogP contribution in [-0.2, 0) is 0 Å². The van der Waals surface area contributed by atoms with Crippen molar-refractivity contribution in [3.05, 3.63) is 38.5 Å². The largest absolute Gasteiger partial charge is 0.506 e. The number of benzene rings is 2. The van der Waals surface area contributed by atoms with Gasteiger partial charge in [0.1, 0.15) is 11.5 Å². The first-order valence-electron chi connectivity index (χ1n) is 4.99. The number of hydrogen-bond acceptors (Lipinski definition) is 3. The third-order valence-electron chi connectivity index (χ3n) is 2.29. The van der Waals surface area contributed by atoms with Gasteiger partial charge in [-0.25, -0.2) is 0 Å². The number of phenolic OH excluding ortho intramolecular Hbond substituents is 1. The Morgan fingerprint density at radius 3 is 2.11 bits per heavy atom. The van der Waals surface area contributed by atoms with Gasteiger partial charge in [-0.15, -0.1) is 0 Å². The van der Waals surface area contributed by atoms with Gasteiger partial charge < -0.3 is 15.6 Å². The van der Waals surface area contributed by atoms with Crippen molar-refractivity contribution in [3.63, 3.8) is 0 Å². The molecule has 0 aliphatic rings. The minimum atomic E-state index is 0.283. The summed E-state index contributed by atoms with van der Waals surface area (Å²) in [5.74, 6) is 1.72. The zero-order valence-corrected chi connectivity index (χ0v) is 17.9. The first-order valence-corrected chi connectivity index (χ1v) is 9.31. The van der Waals surface area contributed by atoms with Crippen LogP contribution in [-0.4, -0.2) is 5.11 Å². The highest BCUT2D eigenvalue weighted by molar-refractivity contribution is 14.1. The van der Waals surface area contributed by atoms with Crippen LogP contribution in [0, 0.1) is 14.3 Å². The van der Waals surface area contributed by atoms with Gasteiger partial charge >= 0.3 is 0 Å². The molecule has 7 heteroatoms. The molecule has 0 saturated carbocycles. The Labute approximate surface area is 165 Å². The Balaban J connectivity index is 2.45. The molecule has 0 aliphatic carbocycles. The predicted molar refractivity (Wildman–Crippen MR) is 110 cm³/mol. The quantitative estimate of drug-likeness (QED) is 0.335. The van der Waals surface area contributed by atoms with E-state index in [1.807, 2.05) is 12.1 Å². The van der Waals surface area contributed by atoms with Crippen LogP contribution in [0.5, 0.6) is 17.2 Å². The Morgan fingerprint density at radius 2 is 1.53 bits per heavy atom. The molecule has 0 amide bonds. The number of nitrogens with two attached hydrogens (primary N) is 1. The smallest absolute Gasteiger partial charge is 0.156 e. The van der Waals surface area contributed by atoms with Crippen LogP contribution in [0.2, 0.25) is 0 Å². The first kappa shape index (κ1) is 16.1. The lowest BCUT2D eigenvalue weighted by Gasteiger charge is -2.12. The Kier molecular flexibility index (Phi) is 5.67. The summed E-state index contributed by atoms with van der Waals surface area (Å²) >= 11 is 8.55. The van der Waals surface area contributed by atoms with Crippen LogP contribution < -0.4 is 10.5 Å². The van der Waals surface area contributed by atoms with Crippen molar-refractivity contribution < 1.29 is 9.84 Å². The van der Waals surface area contributed by atoms with Crippen molar-refractivity contribution in [1.82, 2.24) is 0 Å². The molecule has 2 aromatic rings. The molecule has 0 unspecified atom stereocenters. The molecule has 0 atom stereocenters. The highest BCUT2D eigenvalue weighted by Gasteiger charge is 2.13. The van der Waals surface area contributed by atoms with E-state index in [4.69, 9.17) is 10.5 Å². The summed E-state index contributed by atoms with van der Waals surface area (Å²) in [6, 6.07) is 7.38. The van der Waals surface area contributed by atoms with Gasteiger partial charge in [-0.2, -0.15) is 0 Å². The van der Waals surface area contributed by atoms with Gasteiger partial charge in [0.05, 0.1) is 14.3 Å². The second kappa shape index (κ2) is 6.68. The zero-order chi connectivity index (χ0) is 14.2. The number of phenols is 1. The number of anilines is 1. The molecule has 3 N–H and O–H groups in total. The molecule has 0 radical (unpaired) electrons. The van der Waals surface area contributed by atoms with Gasteiger partial charge in [0, 0.05) is 5.69 Å². The summed E-state index contributed by atoms with van der Waals surface area (Å²) in [4.78, 5) is 0. The average molecular weight is 705 g/mol. The van der Waals surface area contributed by atoms with Gasteiger partial charge in [-0.3, -0.25) is 0 Å². The van der Waals surface area contributed by atoms with Crippen molar-refractivity contribution >= 4 is 96.1 Å².